The van der Waals surface area contributed by atoms with Crippen molar-refractivity contribution < 1.29 is 14.4 Å². The van der Waals surface area contributed by atoms with Crippen LogP contribution < -0.4 is 9.64 Å². The van der Waals surface area contributed by atoms with Gasteiger partial charge in [-0.2, -0.15) is 0 Å². The maximum Gasteiger partial charge on any atom is 0.150 e. The number of hydrogen-bond acceptors (Lipinski definition) is 2. The molecule has 0 saturated carbocycles. The fraction of sp³-hybridized carbons (Fsp3) is 0.562. The Morgan fingerprint density at radius 1 is 1.37 bits per heavy atom. The van der Waals surface area contributed by atoms with E-state index in [1.54, 1.807) is 17.0 Å². The minimum atomic E-state index is 0.694. The van der Waals surface area contributed by atoms with E-state index in [1.807, 2.05) is 12.1 Å². The summed E-state index contributed by atoms with van der Waals surface area (Å²) in [4.78, 5) is 12.3. The lowest BCUT2D eigenvalue weighted by Crippen LogP contribution is -3.13. The average molecular weight is 262 g/mol. The summed E-state index contributed by atoms with van der Waals surface area (Å²) in [6.07, 6.45) is 4.70. The zero-order valence-electron chi connectivity index (χ0n) is 11.7. The topological polar surface area (TPSA) is 30.7 Å². The molecule has 2 atom stereocenters. The number of aldehydes is 1. The number of benzene rings is 1. The lowest BCUT2D eigenvalue weighted by molar-refractivity contribution is -0.908. The summed E-state index contributed by atoms with van der Waals surface area (Å²) in [7, 11) is 0. The summed E-state index contributed by atoms with van der Waals surface area (Å²) in [5.74, 6) is 1.73. The van der Waals surface area contributed by atoms with Crippen molar-refractivity contribution >= 4 is 6.29 Å². The molecular formula is C16H24NO2+. The van der Waals surface area contributed by atoms with Gasteiger partial charge in [0.15, 0.2) is 0 Å². The zero-order valence-corrected chi connectivity index (χ0v) is 11.7. The van der Waals surface area contributed by atoms with E-state index >= 15 is 0 Å². The van der Waals surface area contributed by atoms with Crippen LogP contribution in [0.25, 0.3) is 0 Å². The molecule has 104 valence electrons. The van der Waals surface area contributed by atoms with Gasteiger partial charge in [-0.15, -0.1) is 0 Å². The van der Waals surface area contributed by atoms with E-state index in [2.05, 4.69) is 6.92 Å². The predicted molar refractivity (Wildman–Crippen MR) is 75.9 cm³/mol. The van der Waals surface area contributed by atoms with Crippen LogP contribution in [0, 0.1) is 5.92 Å². The van der Waals surface area contributed by atoms with E-state index in [-0.39, 0.29) is 0 Å². The Balaban J connectivity index is 1.64. The molecule has 0 amide bonds. The lowest BCUT2D eigenvalue weighted by atomic mass is 10.0. The van der Waals surface area contributed by atoms with Crippen molar-refractivity contribution in [2.75, 3.05) is 26.2 Å². The van der Waals surface area contributed by atoms with Gasteiger partial charge in [0.1, 0.15) is 12.0 Å². The molecule has 19 heavy (non-hydrogen) atoms. The van der Waals surface area contributed by atoms with Gasteiger partial charge in [0.05, 0.1) is 26.2 Å². The monoisotopic (exact) mass is 262 g/mol. The third-order valence-corrected chi connectivity index (χ3v) is 3.82. The van der Waals surface area contributed by atoms with Crippen molar-refractivity contribution in [2.24, 2.45) is 5.92 Å². The maximum absolute atomic E-state index is 10.5. The van der Waals surface area contributed by atoms with Crippen LogP contribution in [0.4, 0.5) is 0 Å². The standard InChI is InChI=1S/C16H23NO2/c1-14-4-2-9-17(12-14)10-3-11-19-16-7-5-15(13-18)6-8-16/h5-8,13-14H,2-4,9-12H2,1H3/p+1/t14-/m1/s1. The predicted octanol–water partition coefficient (Wildman–Crippen LogP) is 1.58. The molecule has 0 bridgehead atoms. The first-order valence-electron chi connectivity index (χ1n) is 7.29. The summed E-state index contributed by atoms with van der Waals surface area (Å²) in [6, 6.07) is 7.30. The Bertz CT molecular complexity index is 388. The molecule has 1 saturated heterocycles. The van der Waals surface area contributed by atoms with Gasteiger partial charge in [0.2, 0.25) is 0 Å². The highest BCUT2D eigenvalue weighted by molar-refractivity contribution is 5.74. The van der Waals surface area contributed by atoms with Gasteiger partial charge >= 0.3 is 0 Å². The van der Waals surface area contributed by atoms with E-state index in [1.165, 1.54) is 32.5 Å². The van der Waals surface area contributed by atoms with Crippen LogP contribution in [0.15, 0.2) is 24.3 Å². The van der Waals surface area contributed by atoms with Crippen LogP contribution in [0.3, 0.4) is 0 Å². The highest BCUT2D eigenvalue weighted by Crippen LogP contribution is 2.11. The molecule has 1 heterocycles. The smallest absolute Gasteiger partial charge is 0.150 e. The summed E-state index contributed by atoms with van der Waals surface area (Å²) in [5.41, 5.74) is 0.694. The molecule has 1 aromatic rings. The van der Waals surface area contributed by atoms with Gasteiger partial charge in [-0.05, 0) is 37.1 Å². The molecule has 3 heteroatoms. The molecule has 0 aromatic heterocycles. The Kier molecular flexibility index (Phi) is 5.40. The number of quaternary nitrogens is 1. The molecule has 1 unspecified atom stereocenters. The van der Waals surface area contributed by atoms with E-state index in [0.717, 1.165) is 31.0 Å². The molecule has 1 aromatic carbocycles. The Morgan fingerprint density at radius 2 is 2.16 bits per heavy atom. The number of ether oxygens (including phenoxy) is 1. The minimum Gasteiger partial charge on any atom is -0.493 e. The number of likely N-dealkylation sites (tertiary alicyclic amines) is 1. The Labute approximate surface area is 115 Å². The van der Waals surface area contributed by atoms with Crippen LogP contribution >= 0.6 is 0 Å². The van der Waals surface area contributed by atoms with Crippen molar-refractivity contribution in [3.63, 3.8) is 0 Å². The quantitative estimate of drug-likeness (QED) is 0.623. The van der Waals surface area contributed by atoms with Crippen LogP contribution in [-0.2, 0) is 0 Å². The van der Waals surface area contributed by atoms with Gasteiger partial charge in [-0.25, -0.2) is 0 Å². The molecule has 0 radical (unpaired) electrons. The molecule has 2 rings (SSSR count). The number of carbonyl (C=O) groups excluding carboxylic acids is 1. The van der Waals surface area contributed by atoms with Crippen LogP contribution in [-0.4, -0.2) is 32.5 Å². The fourth-order valence-electron chi connectivity index (χ4n) is 2.78. The first-order valence-corrected chi connectivity index (χ1v) is 7.29. The third-order valence-electron chi connectivity index (χ3n) is 3.82. The van der Waals surface area contributed by atoms with E-state index in [4.69, 9.17) is 4.74 Å². The van der Waals surface area contributed by atoms with Gasteiger partial charge in [0.25, 0.3) is 0 Å². The van der Waals surface area contributed by atoms with E-state index < -0.39 is 0 Å². The zero-order chi connectivity index (χ0) is 13.5. The first kappa shape index (κ1) is 14.1. The van der Waals surface area contributed by atoms with Crippen LogP contribution in [0.5, 0.6) is 5.75 Å². The molecule has 0 aliphatic carbocycles. The first-order chi connectivity index (χ1) is 9.28. The third kappa shape index (κ3) is 4.67. The normalized spacial score (nSPS) is 23.0. The van der Waals surface area contributed by atoms with Gasteiger partial charge in [-0.1, -0.05) is 6.92 Å². The van der Waals surface area contributed by atoms with Crippen LogP contribution in [0.2, 0.25) is 0 Å². The molecule has 1 N–H and O–H groups in total. The van der Waals surface area contributed by atoms with Crippen molar-refractivity contribution in [2.45, 2.75) is 26.2 Å². The minimum absolute atomic E-state index is 0.694. The summed E-state index contributed by atoms with van der Waals surface area (Å²) in [6.45, 7) is 6.95. The van der Waals surface area contributed by atoms with E-state index in [0.29, 0.717) is 5.56 Å². The largest absolute Gasteiger partial charge is 0.493 e. The average Bonchev–Trinajstić information content (AvgIpc) is 2.44. The fourth-order valence-corrected chi connectivity index (χ4v) is 2.78. The van der Waals surface area contributed by atoms with Crippen molar-refractivity contribution in [3.05, 3.63) is 29.8 Å². The van der Waals surface area contributed by atoms with Gasteiger partial charge in [-0.3, -0.25) is 4.79 Å². The van der Waals surface area contributed by atoms with Crippen molar-refractivity contribution in [3.8, 4) is 5.75 Å². The number of rotatable bonds is 6. The number of hydrogen-bond donors (Lipinski definition) is 1. The molecule has 1 fully saturated rings. The summed E-state index contributed by atoms with van der Waals surface area (Å²) in [5, 5.41) is 0. The summed E-state index contributed by atoms with van der Waals surface area (Å²) >= 11 is 0. The van der Waals surface area contributed by atoms with Gasteiger partial charge in [0, 0.05) is 17.9 Å². The molecular weight excluding hydrogens is 238 g/mol. The molecule has 3 nitrogen and oxygen atoms in total. The highest BCUT2D eigenvalue weighted by Gasteiger charge is 2.18. The highest BCUT2D eigenvalue weighted by atomic mass is 16.5. The van der Waals surface area contributed by atoms with Crippen molar-refractivity contribution in [1.82, 2.24) is 0 Å². The number of piperidine rings is 1. The van der Waals surface area contributed by atoms with Crippen LogP contribution in [0.1, 0.15) is 36.5 Å². The second kappa shape index (κ2) is 7.29. The van der Waals surface area contributed by atoms with Gasteiger partial charge < -0.3 is 9.64 Å². The Morgan fingerprint density at radius 3 is 2.84 bits per heavy atom. The summed E-state index contributed by atoms with van der Waals surface area (Å²) < 4.78 is 5.69. The molecule has 1 aliphatic heterocycles. The van der Waals surface area contributed by atoms with E-state index in [9.17, 15) is 4.79 Å². The lowest BCUT2D eigenvalue weighted by Gasteiger charge is -2.27. The van der Waals surface area contributed by atoms with Crippen molar-refractivity contribution in [1.29, 1.82) is 0 Å². The maximum atomic E-state index is 10.5. The second-order valence-corrected chi connectivity index (χ2v) is 5.59. The SMILES string of the molecule is C[C@@H]1CCC[NH+](CCCOc2ccc(C=O)cc2)C1. The number of carbonyl (C=O) groups is 1. The second-order valence-electron chi connectivity index (χ2n) is 5.59. The number of nitrogens with one attached hydrogen (secondary N) is 1. The molecule has 1 aliphatic rings. The Hall–Kier alpha value is -1.35. The molecule has 0 spiro atoms.